The van der Waals surface area contributed by atoms with Gasteiger partial charge < -0.3 is 5.01 Å². The van der Waals surface area contributed by atoms with Crippen molar-refractivity contribution in [2.45, 2.75) is 20.8 Å². The Bertz CT molecular complexity index is 241. The lowest BCUT2D eigenvalue weighted by Crippen LogP contribution is -2.37. The molecule has 1 aromatic rings. The molecular weight excluding hydrogens is 160 g/mol. The Labute approximate surface area is 80.5 Å². The molecule has 1 aromatic carbocycles. The van der Waals surface area contributed by atoms with Gasteiger partial charge in [-0.1, -0.05) is 24.6 Å². The molecule has 0 aliphatic carbocycles. The van der Waals surface area contributed by atoms with Crippen LogP contribution in [0.15, 0.2) is 24.3 Å². The van der Waals surface area contributed by atoms with Gasteiger partial charge in [0.15, 0.2) is 0 Å². The van der Waals surface area contributed by atoms with Crippen molar-refractivity contribution in [2.75, 3.05) is 18.1 Å². The van der Waals surface area contributed by atoms with Crippen LogP contribution in [0.3, 0.4) is 0 Å². The van der Waals surface area contributed by atoms with Crippen molar-refractivity contribution in [3.63, 3.8) is 0 Å². The number of hydrazine groups is 1. The van der Waals surface area contributed by atoms with Gasteiger partial charge in [0.05, 0.1) is 5.69 Å². The van der Waals surface area contributed by atoms with Crippen molar-refractivity contribution in [2.24, 2.45) is 0 Å². The van der Waals surface area contributed by atoms with Crippen molar-refractivity contribution in [3.8, 4) is 0 Å². The van der Waals surface area contributed by atoms with E-state index in [-0.39, 0.29) is 0 Å². The van der Waals surface area contributed by atoms with E-state index in [1.165, 1.54) is 11.3 Å². The van der Waals surface area contributed by atoms with Crippen LogP contribution < -0.4 is 10.4 Å². The van der Waals surface area contributed by atoms with Crippen molar-refractivity contribution in [3.05, 3.63) is 29.8 Å². The van der Waals surface area contributed by atoms with Crippen molar-refractivity contribution >= 4 is 5.69 Å². The summed E-state index contributed by atoms with van der Waals surface area (Å²) < 4.78 is 0. The van der Waals surface area contributed by atoms with Gasteiger partial charge in [0.1, 0.15) is 0 Å². The number of benzene rings is 1. The Morgan fingerprint density at radius 2 is 1.77 bits per heavy atom. The molecule has 0 spiro atoms. The quantitative estimate of drug-likeness (QED) is 0.712. The lowest BCUT2D eigenvalue weighted by Gasteiger charge is -2.23. The summed E-state index contributed by atoms with van der Waals surface area (Å²) in [5.74, 6) is 0. The molecule has 2 nitrogen and oxygen atoms in total. The van der Waals surface area contributed by atoms with E-state index in [9.17, 15) is 0 Å². The van der Waals surface area contributed by atoms with Gasteiger partial charge in [-0.05, 0) is 26.0 Å². The first-order valence-corrected chi connectivity index (χ1v) is 4.85. The Balaban J connectivity index is 2.73. The van der Waals surface area contributed by atoms with Gasteiger partial charge in [-0.25, -0.2) is 5.43 Å². The zero-order chi connectivity index (χ0) is 9.68. The van der Waals surface area contributed by atoms with Crippen LogP contribution in [-0.4, -0.2) is 13.1 Å². The van der Waals surface area contributed by atoms with E-state index in [0.29, 0.717) is 0 Å². The van der Waals surface area contributed by atoms with E-state index in [2.05, 4.69) is 55.5 Å². The Hall–Kier alpha value is -1.02. The molecule has 0 saturated carbocycles. The van der Waals surface area contributed by atoms with E-state index < -0.39 is 0 Å². The largest absolute Gasteiger partial charge is 0.309 e. The minimum Gasteiger partial charge on any atom is -0.309 e. The van der Waals surface area contributed by atoms with Crippen LogP contribution in [0, 0.1) is 6.92 Å². The third-order valence-corrected chi connectivity index (χ3v) is 2.01. The maximum absolute atomic E-state index is 3.30. The molecule has 1 rings (SSSR count). The molecule has 0 aliphatic heterocycles. The molecule has 72 valence electrons. The predicted molar refractivity (Wildman–Crippen MR) is 57.9 cm³/mol. The molecule has 0 fully saturated rings. The van der Waals surface area contributed by atoms with Gasteiger partial charge in [-0.2, -0.15) is 0 Å². The van der Waals surface area contributed by atoms with Crippen LogP contribution in [0.5, 0.6) is 0 Å². The number of rotatable bonds is 4. The number of nitrogens with one attached hydrogen (secondary N) is 1. The maximum atomic E-state index is 3.30. The second-order valence-electron chi connectivity index (χ2n) is 3.09. The van der Waals surface area contributed by atoms with E-state index in [0.717, 1.165) is 13.1 Å². The average molecular weight is 178 g/mol. The van der Waals surface area contributed by atoms with Gasteiger partial charge in [-0.15, -0.1) is 0 Å². The molecule has 1 N–H and O–H groups in total. The zero-order valence-corrected chi connectivity index (χ0v) is 8.67. The highest BCUT2D eigenvalue weighted by molar-refractivity contribution is 5.46. The molecule has 0 unspecified atom stereocenters. The van der Waals surface area contributed by atoms with Crippen molar-refractivity contribution in [1.82, 2.24) is 5.43 Å². The van der Waals surface area contributed by atoms with E-state index in [4.69, 9.17) is 0 Å². The Morgan fingerprint density at radius 3 is 2.23 bits per heavy atom. The molecular formula is C11H18N2. The molecule has 0 radical (unpaired) electrons. The van der Waals surface area contributed by atoms with Gasteiger partial charge in [0.25, 0.3) is 0 Å². The van der Waals surface area contributed by atoms with Gasteiger partial charge >= 0.3 is 0 Å². The summed E-state index contributed by atoms with van der Waals surface area (Å²) in [6.07, 6.45) is 0. The van der Waals surface area contributed by atoms with Crippen LogP contribution in [0.25, 0.3) is 0 Å². The highest BCUT2D eigenvalue weighted by Crippen LogP contribution is 2.12. The summed E-state index contributed by atoms with van der Waals surface area (Å²) in [4.78, 5) is 0. The number of aryl methyl sites for hydroxylation is 1. The van der Waals surface area contributed by atoms with Crippen LogP contribution >= 0.6 is 0 Å². The lowest BCUT2D eigenvalue weighted by atomic mass is 10.2. The predicted octanol–water partition coefficient (Wildman–Crippen LogP) is 2.35. The molecule has 0 amide bonds. The van der Waals surface area contributed by atoms with E-state index >= 15 is 0 Å². The second-order valence-corrected chi connectivity index (χ2v) is 3.09. The van der Waals surface area contributed by atoms with E-state index in [1.54, 1.807) is 0 Å². The summed E-state index contributed by atoms with van der Waals surface area (Å²) in [6, 6.07) is 8.55. The molecule has 0 heterocycles. The van der Waals surface area contributed by atoms with Crippen LogP contribution in [0.1, 0.15) is 19.4 Å². The first kappa shape index (κ1) is 10.1. The molecule has 0 aromatic heterocycles. The summed E-state index contributed by atoms with van der Waals surface area (Å²) in [5.41, 5.74) is 5.83. The fraction of sp³-hybridized carbons (Fsp3) is 0.455. The summed E-state index contributed by atoms with van der Waals surface area (Å²) >= 11 is 0. The fourth-order valence-corrected chi connectivity index (χ4v) is 1.30. The average Bonchev–Trinajstić information content (AvgIpc) is 2.16. The SMILES string of the molecule is CCNN(CC)c1ccc(C)cc1. The standard InChI is InChI=1S/C11H18N2/c1-4-12-13(5-2)11-8-6-10(3)7-9-11/h6-9,12H,4-5H2,1-3H3. The van der Waals surface area contributed by atoms with Gasteiger partial charge in [-0.3, -0.25) is 0 Å². The fourth-order valence-electron chi connectivity index (χ4n) is 1.30. The first-order valence-electron chi connectivity index (χ1n) is 4.85. The second kappa shape index (κ2) is 4.87. The summed E-state index contributed by atoms with van der Waals surface area (Å²) in [6.45, 7) is 8.30. The van der Waals surface area contributed by atoms with Crippen LogP contribution in [0.4, 0.5) is 5.69 Å². The molecule has 0 bridgehead atoms. The number of hydrogen-bond acceptors (Lipinski definition) is 2. The van der Waals surface area contributed by atoms with Gasteiger partial charge in [0, 0.05) is 13.1 Å². The zero-order valence-electron chi connectivity index (χ0n) is 8.67. The maximum Gasteiger partial charge on any atom is 0.0519 e. The highest BCUT2D eigenvalue weighted by atomic mass is 15.5. The topological polar surface area (TPSA) is 15.3 Å². The number of hydrogen-bond donors (Lipinski definition) is 1. The normalized spacial score (nSPS) is 10.1. The van der Waals surface area contributed by atoms with Crippen LogP contribution in [-0.2, 0) is 0 Å². The minimum atomic E-state index is 0.960. The lowest BCUT2D eigenvalue weighted by molar-refractivity contribution is 0.664. The molecule has 0 atom stereocenters. The Morgan fingerprint density at radius 1 is 1.15 bits per heavy atom. The molecule has 13 heavy (non-hydrogen) atoms. The summed E-state index contributed by atoms with van der Waals surface area (Å²) in [5, 5.41) is 2.15. The Kier molecular flexibility index (Phi) is 3.77. The minimum absolute atomic E-state index is 0.960. The monoisotopic (exact) mass is 178 g/mol. The summed E-state index contributed by atoms with van der Waals surface area (Å²) in [7, 11) is 0. The molecule has 0 aliphatic rings. The van der Waals surface area contributed by atoms with Crippen molar-refractivity contribution in [1.29, 1.82) is 0 Å². The highest BCUT2D eigenvalue weighted by Gasteiger charge is 2.00. The first-order chi connectivity index (χ1) is 6.27. The third kappa shape index (κ3) is 2.74. The third-order valence-electron chi connectivity index (χ3n) is 2.01. The molecule has 0 saturated heterocycles. The van der Waals surface area contributed by atoms with Gasteiger partial charge in [0.2, 0.25) is 0 Å². The van der Waals surface area contributed by atoms with E-state index in [1.807, 2.05) is 0 Å². The van der Waals surface area contributed by atoms with Crippen LogP contribution in [0.2, 0.25) is 0 Å². The number of anilines is 1. The number of nitrogens with zero attached hydrogens (tertiary/aromatic N) is 1. The van der Waals surface area contributed by atoms with Crippen molar-refractivity contribution < 1.29 is 0 Å². The molecule has 2 heteroatoms. The smallest absolute Gasteiger partial charge is 0.0519 e.